The molecule has 1 saturated heterocycles. The minimum atomic E-state index is -0.211. The van der Waals surface area contributed by atoms with Crippen molar-refractivity contribution in [1.29, 1.82) is 0 Å². The molecule has 0 N–H and O–H groups in total. The third-order valence-electron chi connectivity index (χ3n) is 6.58. The number of amides is 2. The van der Waals surface area contributed by atoms with Crippen molar-refractivity contribution in [1.82, 2.24) is 10.4 Å². The Morgan fingerprint density at radius 3 is 1.90 bits per heavy atom. The summed E-state index contributed by atoms with van der Waals surface area (Å²) in [6.07, 6.45) is 18.8. The SMILES string of the molecule is CCCCCCCCCCCCCCCC(C)C1CC(=O)N([N]c2ccccc2)C1=O. The van der Waals surface area contributed by atoms with Crippen LogP contribution in [0, 0.1) is 11.8 Å². The second kappa shape index (κ2) is 15.0. The van der Waals surface area contributed by atoms with Gasteiger partial charge >= 0.3 is 0 Å². The van der Waals surface area contributed by atoms with E-state index in [0.717, 1.165) is 17.9 Å². The van der Waals surface area contributed by atoms with Gasteiger partial charge in [-0.2, -0.15) is 10.4 Å². The van der Waals surface area contributed by atoms with Crippen LogP contribution in [0.4, 0.5) is 5.69 Å². The van der Waals surface area contributed by atoms with Gasteiger partial charge in [-0.05, 0) is 24.5 Å². The van der Waals surface area contributed by atoms with Crippen LogP contribution in [0.5, 0.6) is 0 Å². The molecule has 1 aliphatic heterocycles. The Bertz CT molecular complexity index is 631. The number of imide groups is 1. The lowest BCUT2D eigenvalue weighted by Crippen LogP contribution is -2.36. The van der Waals surface area contributed by atoms with Crippen molar-refractivity contribution < 1.29 is 9.59 Å². The second-order valence-corrected chi connectivity index (χ2v) is 9.30. The summed E-state index contributed by atoms with van der Waals surface area (Å²) in [7, 11) is 0. The van der Waals surface area contributed by atoms with Crippen LogP contribution < -0.4 is 5.43 Å². The van der Waals surface area contributed by atoms with E-state index in [1.54, 1.807) is 0 Å². The van der Waals surface area contributed by atoms with Gasteiger partial charge in [0.05, 0.1) is 11.6 Å². The molecular formula is C27H43N2O2. The smallest absolute Gasteiger partial charge is 0.253 e. The van der Waals surface area contributed by atoms with Gasteiger partial charge in [0.15, 0.2) is 0 Å². The molecule has 4 nitrogen and oxygen atoms in total. The molecule has 1 fully saturated rings. The highest BCUT2D eigenvalue weighted by atomic mass is 16.2. The fourth-order valence-corrected chi connectivity index (χ4v) is 4.49. The van der Waals surface area contributed by atoms with Crippen molar-refractivity contribution in [3.8, 4) is 0 Å². The third-order valence-corrected chi connectivity index (χ3v) is 6.58. The maximum absolute atomic E-state index is 12.7. The number of hydrogen-bond donors (Lipinski definition) is 0. The first-order valence-corrected chi connectivity index (χ1v) is 12.8. The van der Waals surface area contributed by atoms with Crippen LogP contribution in [0.3, 0.4) is 0 Å². The Labute approximate surface area is 190 Å². The molecule has 1 aliphatic rings. The molecule has 2 amide bonds. The second-order valence-electron chi connectivity index (χ2n) is 9.30. The maximum Gasteiger partial charge on any atom is 0.253 e. The number of carbonyl (C=O) groups is 2. The maximum atomic E-state index is 12.7. The quantitative estimate of drug-likeness (QED) is 0.193. The van der Waals surface area contributed by atoms with E-state index < -0.39 is 0 Å². The van der Waals surface area contributed by atoms with Gasteiger partial charge in [-0.1, -0.05) is 116 Å². The van der Waals surface area contributed by atoms with E-state index in [2.05, 4.69) is 19.3 Å². The molecule has 1 radical (unpaired) electrons. The summed E-state index contributed by atoms with van der Waals surface area (Å²) in [5.41, 5.74) is 4.90. The normalized spacial score (nSPS) is 17.4. The Morgan fingerprint density at radius 1 is 0.839 bits per heavy atom. The molecule has 0 saturated carbocycles. The molecule has 0 aromatic heterocycles. The van der Waals surface area contributed by atoms with Crippen molar-refractivity contribution in [2.75, 3.05) is 0 Å². The predicted octanol–water partition coefficient (Wildman–Crippen LogP) is 7.33. The average Bonchev–Trinajstić information content (AvgIpc) is 3.06. The molecule has 2 atom stereocenters. The van der Waals surface area contributed by atoms with Gasteiger partial charge in [-0.3, -0.25) is 9.59 Å². The van der Waals surface area contributed by atoms with Gasteiger partial charge in [0, 0.05) is 6.42 Å². The van der Waals surface area contributed by atoms with Gasteiger partial charge < -0.3 is 0 Å². The Hall–Kier alpha value is -1.84. The summed E-state index contributed by atoms with van der Waals surface area (Å²) in [6.45, 7) is 4.38. The van der Waals surface area contributed by atoms with Crippen molar-refractivity contribution in [2.24, 2.45) is 11.8 Å². The molecule has 4 heteroatoms. The van der Waals surface area contributed by atoms with E-state index in [-0.39, 0.29) is 23.7 Å². The first-order valence-electron chi connectivity index (χ1n) is 12.8. The summed E-state index contributed by atoms with van der Waals surface area (Å²) in [5, 5.41) is 1.10. The fourth-order valence-electron chi connectivity index (χ4n) is 4.49. The number of hydrogen-bond acceptors (Lipinski definition) is 2. The van der Waals surface area contributed by atoms with Crippen molar-refractivity contribution in [3.05, 3.63) is 30.3 Å². The van der Waals surface area contributed by atoms with Gasteiger partial charge in [-0.25, -0.2) is 0 Å². The number of carbonyl (C=O) groups excluding carboxylic acids is 2. The molecule has 1 aromatic carbocycles. The zero-order valence-electron chi connectivity index (χ0n) is 19.9. The number of benzene rings is 1. The highest BCUT2D eigenvalue weighted by Crippen LogP contribution is 2.30. The standard InChI is InChI=1S/C27H43N2O2/c1-3-4-5-6-7-8-9-10-11-12-13-14-16-19-23(2)25-22-26(30)29(27(25)31)28-24-20-17-15-18-21-24/h15,17-18,20-21,23,25H,3-14,16,19,22H2,1-2H3. The lowest BCUT2D eigenvalue weighted by atomic mass is 9.88. The van der Waals surface area contributed by atoms with Gasteiger partial charge in [0.25, 0.3) is 11.8 Å². The van der Waals surface area contributed by atoms with E-state index in [1.165, 1.54) is 77.0 Å². The highest BCUT2D eigenvalue weighted by molar-refractivity contribution is 6.03. The van der Waals surface area contributed by atoms with Crippen molar-refractivity contribution in [2.45, 2.75) is 110 Å². The largest absolute Gasteiger partial charge is 0.272 e. The van der Waals surface area contributed by atoms with E-state index in [0.29, 0.717) is 12.1 Å². The number of unbranched alkanes of at least 4 members (excludes halogenated alkanes) is 12. The molecule has 173 valence electrons. The molecule has 0 spiro atoms. The lowest BCUT2D eigenvalue weighted by Gasteiger charge is -2.18. The molecule has 1 heterocycles. The van der Waals surface area contributed by atoms with Crippen LogP contribution in [-0.4, -0.2) is 16.8 Å². The first kappa shape index (κ1) is 25.4. The molecule has 0 aliphatic carbocycles. The van der Waals surface area contributed by atoms with Gasteiger partial charge in [0.1, 0.15) is 0 Å². The zero-order valence-corrected chi connectivity index (χ0v) is 19.9. The number of nitrogens with zero attached hydrogens (tertiary/aromatic N) is 2. The predicted molar refractivity (Wildman–Crippen MR) is 128 cm³/mol. The minimum Gasteiger partial charge on any atom is -0.272 e. The molecule has 2 rings (SSSR count). The summed E-state index contributed by atoms with van der Waals surface area (Å²) in [5.74, 6) is -0.274. The molecule has 31 heavy (non-hydrogen) atoms. The minimum absolute atomic E-state index is 0.129. The lowest BCUT2D eigenvalue weighted by molar-refractivity contribution is -0.142. The van der Waals surface area contributed by atoms with E-state index in [9.17, 15) is 9.59 Å². The van der Waals surface area contributed by atoms with Crippen LogP contribution in [-0.2, 0) is 9.59 Å². The Kier molecular flexibility index (Phi) is 12.3. The Balaban J connectivity index is 1.51. The van der Waals surface area contributed by atoms with Crippen LogP contribution in [0.15, 0.2) is 30.3 Å². The van der Waals surface area contributed by atoms with Gasteiger partial charge in [0.2, 0.25) is 0 Å². The van der Waals surface area contributed by atoms with Crippen molar-refractivity contribution >= 4 is 17.5 Å². The third kappa shape index (κ3) is 9.45. The average molecular weight is 428 g/mol. The summed E-state index contributed by atoms with van der Waals surface area (Å²) in [6, 6.07) is 9.24. The monoisotopic (exact) mass is 427 g/mol. The van der Waals surface area contributed by atoms with E-state index in [4.69, 9.17) is 0 Å². The summed E-state index contributed by atoms with van der Waals surface area (Å²) >= 11 is 0. The fraction of sp³-hybridized carbons (Fsp3) is 0.704. The summed E-state index contributed by atoms with van der Waals surface area (Å²) < 4.78 is 0. The topological polar surface area (TPSA) is 51.5 Å². The Morgan fingerprint density at radius 2 is 1.35 bits per heavy atom. The molecule has 2 unspecified atom stereocenters. The van der Waals surface area contributed by atoms with Gasteiger partial charge in [-0.15, -0.1) is 0 Å². The molecular weight excluding hydrogens is 384 g/mol. The highest BCUT2D eigenvalue weighted by Gasteiger charge is 2.42. The zero-order chi connectivity index (χ0) is 22.3. The van der Waals surface area contributed by atoms with Crippen LogP contribution >= 0.6 is 0 Å². The van der Waals surface area contributed by atoms with Crippen LogP contribution in [0.1, 0.15) is 110 Å². The van der Waals surface area contributed by atoms with E-state index in [1.807, 2.05) is 30.3 Å². The number of rotatable bonds is 17. The van der Waals surface area contributed by atoms with E-state index >= 15 is 0 Å². The molecule has 1 aromatic rings. The molecule has 0 bridgehead atoms. The summed E-state index contributed by atoms with van der Waals surface area (Å²) in [4.78, 5) is 25.0. The van der Waals surface area contributed by atoms with Crippen LogP contribution in [0.25, 0.3) is 0 Å². The van der Waals surface area contributed by atoms with Crippen LogP contribution in [0.2, 0.25) is 0 Å². The van der Waals surface area contributed by atoms with Crippen molar-refractivity contribution in [3.63, 3.8) is 0 Å². The first-order chi connectivity index (χ1) is 15.1.